The van der Waals surface area contributed by atoms with Crippen molar-refractivity contribution in [1.29, 1.82) is 0 Å². The van der Waals surface area contributed by atoms with Gasteiger partial charge in [0.15, 0.2) is 0 Å². The van der Waals surface area contributed by atoms with Crippen LogP contribution in [0.2, 0.25) is 5.02 Å². The summed E-state index contributed by atoms with van der Waals surface area (Å²) in [5.41, 5.74) is 1.09. The van der Waals surface area contributed by atoms with Crippen molar-refractivity contribution in [3.05, 3.63) is 33.3 Å². The number of benzene rings is 1. The molecule has 0 aromatic heterocycles. The van der Waals surface area contributed by atoms with E-state index >= 15 is 0 Å². The fourth-order valence-electron chi connectivity index (χ4n) is 2.96. The quantitative estimate of drug-likeness (QED) is 0.759. The first kappa shape index (κ1) is 17.3. The van der Waals surface area contributed by atoms with E-state index in [4.69, 9.17) is 16.3 Å². The molecule has 2 atom stereocenters. The summed E-state index contributed by atoms with van der Waals surface area (Å²) in [6.07, 6.45) is 5.57. The predicted octanol–water partition coefficient (Wildman–Crippen LogP) is 4.97. The summed E-state index contributed by atoms with van der Waals surface area (Å²) in [5, 5.41) is 4.50. The summed E-state index contributed by atoms with van der Waals surface area (Å²) >= 11 is 9.86. The van der Waals surface area contributed by atoms with Crippen molar-refractivity contribution in [2.75, 3.05) is 13.2 Å². The van der Waals surface area contributed by atoms with Gasteiger partial charge in [0.1, 0.15) is 0 Å². The van der Waals surface area contributed by atoms with Crippen molar-refractivity contribution in [3.63, 3.8) is 0 Å². The molecule has 2 nitrogen and oxygen atoms in total. The largest absolute Gasteiger partial charge is 0.374 e. The molecular weight excluding hydrogens is 350 g/mol. The molecule has 0 bridgehead atoms. The highest BCUT2D eigenvalue weighted by Crippen LogP contribution is 2.31. The molecule has 0 spiro atoms. The maximum atomic E-state index is 6.39. The number of halogens is 2. The van der Waals surface area contributed by atoms with Crippen LogP contribution >= 0.6 is 27.5 Å². The van der Waals surface area contributed by atoms with E-state index in [-0.39, 0.29) is 5.60 Å². The lowest BCUT2D eigenvalue weighted by molar-refractivity contribution is -0.0883. The maximum Gasteiger partial charge on any atom is 0.0810 e. The van der Waals surface area contributed by atoms with Crippen molar-refractivity contribution < 1.29 is 4.74 Å². The summed E-state index contributed by atoms with van der Waals surface area (Å²) in [6, 6.07) is 6.44. The van der Waals surface area contributed by atoms with Gasteiger partial charge in [-0.3, -0.25) is 0 Å². The van der Waals surface area contributed by atoms with Crippen LogP contribution in [0.1, 0.15) is 45.1 Å². The van der Waals surface area contributed by atoms with Gasteiger partial charge in [-0.25, -0.2) is 0 Å². The lowest BCUT2D eigenvalue weighted by Gasteiger charge is -2.41. The summed E-state index contributed by atoms with van der Waals surface area (Å²) in [4.78, 5) is 0. The standard InChI is InChI=1S/C17H25BrClNO/c1-3-9-20-16(17(2)8-4-5-10-21-17)11-13-6-7-14(18)12-15(13)19/h6-7,12,16,20H,3-5,8-11H2,1-2H3. The van der Waals surface area contributed by atoms with Crippen molar-refractivity contribution in [3.8, 4) is 0 Å². The highest BCUT2D eigenvalue weighted by molar-refractivity contribution is 9.10. The molecule has 1 fully saturated rings. The topological polar surface area (TPSA) is 21.3 Å². The van der Waals surface area contributed by atoms with Crippen LogP contribution < -0.4 is 5.32 Å². The minimum Gasteiger partial charge on any atom is -0.374 e. The van der Waals surface area contributed by atoms with Crippen molar-refractivity contribution >= 4 is 27.5 Å². The molecule has 2 unspecified atom stereocenters. The first-order chi connectivity index (χ1) is 10.0. The smallest absolute Gasteiger partial charge is 0.0810 e. The summed E-state index contributed by atoms with van der Waals surface area (Å²) in [6.45, 7) is 6.32. The highest BCUT2D eigenvalue weighted by Gasteiger charge is 2.36. The van der Waals surface area contributed by atoms with Crippen LogP contribution in [0.4, 0.5) is 0 Å². The van der Waals surface area contributed by atoms with Crippen LogP contribution in [0.15, 0.2) is 22.7 Å². The summed E-state index contributed by atoms with van der Waals surface area (Å²) in [5.74, 6) is 0. The second-order valence-corrected chi connectivity index (χ2v) is 7.39. The van der Waals surface area contributed by atoms with Gasteiger partial charge in [0.25, 0.3) is 0 Å². The van der Waals surface area contributed by atoms with E-state index in [1.165, 1.54) is 18.4 Å². The zero-order valence-electron chi connectivity index (χ0n) is 12.9. The molecule has 1 aliphatic rings. The Morgan fingerprint density at radius 3 is 2.86 bits per heavy atom. The molecule has 118 valence electrons. The average molecular weight is 375 g/mol. The van der Waals surface area contributed by atoms with Crippen LogP contribution in [-0.2, 0) is 11.2 Å². The van der Waals surface area contributed by atoms with Crippen molar-refractivity contribution in [2.45, 2.75) is 57.6 Å². The molecule has 0 radical (unpaired) electrons. The molecule has 1 saturated heterocycles. The van der Waals surface area contributed by atoms with Gasteiger partial charge in [-0.15, -0.1) is 0 Å². The third kappa shape index (κ3) is 4.69. The number of nitrogens with one attached hydrogen (secondary N) is 1. The van der Waals surface area contributed by atoms with Crippen LogP contribution in [0, 0.1) is 0 Å². The second kappa shape index (κ2) is 7.96. The van der Waals surface area contributed by atoms with Gasteiger partial charge in [0, 0.05) is 22.1 Å². The Bertz CT molecular complexity index is 460. The van der Waals surface area contributed by atoms with Gasteiger partial charge in [0.05, 0.1) is 5.60 Å². The Morgan fingerprint density at radius 1 is 1.43 bits per heavy atom. The lowest BCUT2D eigenvalue weighted by atomic mass is 9.84. The van der Waals surface area contributed by atoms with E-state index in [1.807, 2.05) is 6.07 Å². The Morgan fingerprint density at radius 2 is 2.24 bits per heavy atom. The number of hydrogen-bond acceptors (Lipinski definition) is 2. The van der Waals surface area contributed by atoms with Gasteiger partial charge in [0.2, 0.25) is 0 Å². The molecule has 1 aromatic rings. The molecule has 0 saturated carbocycles. The highest BCUT2D eigenvalue weighted by atomic mass is 79.9. The number of ether oxygens (including phenoxy) is 1. The third-order valence-electron chi connectivity index (χ3n) is 4.32. The Kier molecular flexibility index (Phi) is 6.54. The first-order valence-corrected chi connectivity index (χ1v) is 9.03. The molecule has 4 heteroatoms. The van der Waals surface area contributed by atoms with Crippen LogP contribution in [-0.4, -0.2) is 24.8 Å². The zero-order valence-corrected chi connectivity index (χ0v) is 15.3. The van der Waals surface area contributed by atoms with E-state index in [0.717, 1.165) is 41.9 Å². The normalized spacial score (nSPS) is 24.0. The molecule has 0 amide bonds. The van der Waals surface area contributed by atoms with Gasteiger partial charge in [-0.2, -0.15) is 0 Å². The summed E-state index contributed by atoms with van der Waals surface area (Å²) in [7, 11) is 0. The molecule has 0 aliphatic carbocycles. The Labute approximate surface area is 141 Å². The average Bonchev–Trinajstić information content (AvgIpc) is 2.46. The molecule has 1 aromatic carbocycles. The van der Waals surface area contributed by atoms with Gasteiger partial charge >= 0.3 is 0 Å². The van der Waals surface area contributed by atoms with E-state index in [9.17, 15) is 0 Å². The fourth-order valence-corrected chi connectivity index (χ4v) is 3.71. The van der Waals surface area contributed by atoms with Crippen LogP contribution in [0.5, 0.6) is 0 Å². The third-order valence-corrected chi connectivity index (χ3v) is 5.16. The lowest BCUT2D eigenvalue weighted by Crippen LogP contribution is -2.53. The molecule has 21 heavy (non-hydrogen) atoms. The van der Waals surface area contributed by atoms with E-state index < -0.39 is 0 Å². The number of hydrogen-bond donors (Lipinski definition) is 1. The van der Waals surface area contributed by atoms with Crippen molar-refractivity contribution in [1.82, 2.24) is 5.32 Å². The minimum absolute atomic E-state index is 0.0934. The van der Waals surface area contributed by atoms with Crippen molar-refractivity contribution in [2.24, 2.45) is 0 Å². The van der Waals surface area contributed by atoms with Crippen LogP contribution in [0.3, 0.4) is 0 Å². The van der Waals surface area contributed by atoms with E-state index in [2.05, 4.69) is 47.2 Å². The fraction of sp³-hybridized carbons (Fsp3) is 0.647. The predicted molar refractivity (Wildman–Crippen MR) is 93.1 cm³/mol. The summed E-state index contributed by atoms with van der Waals surface area (Å²) < 4.78 is 7.17. The SMILES string of the molecule is CCCNC(Cc1ccc(Br)cc1Cl)C1(C)CCCCO1. The Hall–Kier alpha value is -0.0900. The van der Waals surface area contributed by atoms with Gasteiger partial charge < -0.3 is 10.1 Å². The molecule has 2 rings (SSSR count). The minimum atomic E-state index is -0.0934. The molecule has 1 heterocycles. The number of rotatable bonds is 6. The molecular formula is C17H25BrClNO. The molecule has 1 aliphatic heterocycles. The molecule has 1 N–H and O–H groups in total. The second-order valence-electron chi connectivity index (χ2n) is 6.06. The van der Waals surface area contributed by atoms with E-state index in [1.54, 1.807) is 0 Å². The first-order valence-electron chi connectivity index (χ1n) is 7.86. The zero-order chi connectivity index (χ0) is 15.3. The van der Waals surface area contributed by atoms with E-state index in [0.29, 0.717) is 6.04 Å². The van der Waals surface area contributed by atoms with Gasteiger partial charge in [-0.05, 0) is 63.3 Å². The monoisotopic (exact) mass is 373 g/mol. The van der Waals surface area contributed by atoms with Crippen LogP contribution in [0.25, 0.3) is 0 Å². The maximum absolute atomic E-state index is 6.39. The van der Waals surface area contributed by atoms with Gasteiger partial charge in [-0.1, -0.05) is 40.5 Å². The Balaban J connectivity index is 2.15.